The molecule has 0 bridgehead atoms. The Morgan fingerprint density at radius 1 is 0.706 bits per heavy atom. The molecule has 17 heavy (non-hydrogen) atoms. The molecule has 0 aliphatic rings. The van der Waals surface area contributed by atoms with Gasteiger partial charge in [0.25, 0.3) is 0 Å². The van der Waals surface area contributed by atoms with E-state index in [1.165, 1.54) is 0 Å². The first kappa shape index (κ1) is 17.4. The zero-order valence-corrected chi connectivity index (χ0v) is 13.7. The normalized spacial score (nSPS) is 13.1. The van der Waals surface area contributed by atoms with E-state index in [4.69, 9.17) is 24.4 Å². The van der Waals surface area contributed by atoms with Gasteiger partial charge in [0.05, 0.1) is 0 Å². The smallest absolute Gasteiger partial charge is 0.361 e. The third-order valence-corrected chi connectivity index (χ3v) is 4.28. The van der Waals surface area contributed by atoms with Gasteiger partial charge < -0.3 is 13.3 Å². The molecule has 0 aromatic rings. The van der Waals surface area contributed by atoms with Gasteiger partial charge in [-0.1, -0.05) is 52.6 Å². The van der Waals surface area contributed by atoms with E-state index in [-0.39, 0.29) is 0 Å². The highest BCUT2D eigenvalue weighted by molar-refractivity contribution is 7.09. The quantitative estimate of drug-likeness (QED) is 0.477. The van der Waals surface area contributed by atoms with Crippen LogP contribution in [0.5, 0.6) is 0 Å². The van der Waals surface area contributed by atoms with E-state index in [9.17, 15) is 0 Å². The fourth-order valence-electron chi connectivity index (χ4n) is 0.924. The second-order valence-corrected chi connectivity index (χ2v) is 8.81. The van der Waals surface area contributed by atoms with Crippen molar-refractivity contribution in [2.24, 2.45) is 17.8 Å². The summed E-state index contributed by atoms with van der Waals surface area (Å²) < 4.78 is 17.0. The largest absolute Gasteiger partial charge is 0.613 e. The van der Waals surface area contributed by atoms with Gasteiger partial charge in [-0.3, -0.25) is 0 Å². The van der Waals surface area contributed by atoms with Crippen LogP contribution in [0.2, 0.25) is 0 Å². The Kier molecular flexibility index (Phi) is 8.68. The number of halogens is 1. The lowest BCUT2D eigenvalue weighted by Gasteiger charge is -2.25. The average Bonchev–Trinajstić information content (AvgIpc) is 2.21. The third kappa shape index (κ3) is 10.0. The van der Waals surface area contributed by atoms with Gasteiger partial charge >= 0.3 is 8.11 Å². The molecule has 0 rings (SSSR count). The fraction of sp³-hybridized carbons (Fsp3) is 1.00. The summed E-state index contributed by atoms with van der Waals surface area (Å²) in [6.45, 7) is 14.2. The predicted octanol–water partition coefficient (Wildman–Crippen LogP) is 3.68. The van der Waals surface area contributed by atoms with Gasteiger partial charge in [0, 0.05) is 19.8 Å². The molecule has 0 amide bonds. The highest BCUT2D eigenvalue weighted by atomic mass is 35.6. The summed E-state index contributed by atoms with van der Waals surface area (Å²) in [7, 11) is -2.97. The summed E-state index contributed by atoms with van der Waals surface area (Å²) in [5.41, 5.74) is 0. The van der Waals surface area contributed by atoms with Gasteiger partial charge in [0.1, 0.15) is 0 Å². The maximum absolute atomic E-state index is 6.34. The van der Waals surface area contributed by atoms with Crippen molar-refractivity contribution in [1.29, 1.82) is 0 Å². The van der Waals surface area contributed by atoms with E-state index in [0.29, 0.717) is 37.6 Å². The van der Waals surface area contributed by atoms with Crippen molar-refractivity contribution in [2.45, 2.75) is 41.5 Å². The molecule has 0 radical (unpaired) electrons. The van der Waals surface area contributed by atoms with Crippen LogP contribution in [0.4, 0.5) is 0 Å². The molecule has 0 heterocycles. The van der Waals surface area contributed by atoms with E-state index in [1.807, 2.05) is 0 Å². The SMILES string of the molecule is CC(C)CO[Si](Cl)(OCC(C)C)OCC(C)C. The molecule has 0 spiro atoms. The van der Waals surface area contributed by atoms with Crippen molar-refractivity contribution in [3.8, 4) is 0 Å². The zero-order valence-electron chi connectivity index (χ0n) is 12.0. The molecular formula is C12H27ClO3Si. The van der Waals surface area contributed by atoms with Crippen LogP contribution in [-0.2, 0) is 13.3 Å². The molecule has 0 aromatic carbocycles. The van der Waals surface area contributed by atoms with Crippen molar-refractivity contribution in [3.63, 3.8) is 0 Å². The van der Waals surface area contributed by atoms with Gasteiger partial charge in [-0.05, 0) is 17.8 Å². The summed E-state index contributed by atoms with van der Waals surface area (Å²) in [5, 5.41) is 0. The Morgan fingerprint density at radius 3 is 1.12 bits per heavy atom. The highest BCUT2D eigenvalue weighted by Crippen LogP contribution is 2.18. The molecule has 0 fully saturated rings. The van der Waals surface area contributed by atoms with Gasteiger partial charge in [0.2, 0.25) is 0 Å². The Hall–Kier alpha value is 0.387. The first-order valence-electron chi connectivity index (χ1n) is 6.36. The predicted molar refractivity (Wildman–Crippen MR) is 74.0 cm³/mol. The summed E-state index contributed by atoms with van der Waals surface area (Å²) in [4.78, 5) is 0. The number of hydrogen-bond donors (Lipinski definition) is 0. The maximum Gasteiger partial charge on any atom is 0.613 e. The second-order valence-electron chi connectivity index (χ2n) is 5.60. The molecule has 0 unspecified atom stereocenters. The van der Waals surface area contributed by atoms with E-state index < -0.39 is 8.11 Å². The molecule has 5 heteroatoms. The van der Waals surface area contributed by atoms with E-state index in [1.54, 1.807) is 0 Å². The fourth-order valence-corrected chi connectivity index (χ4v) is 3.34. The summed E-state index contributed by atoms with van der Waals surface area (Å²) in [6.07, 6.45) is 0. The van der Waals surface area contributed by atoms with Crippen LogP contribution in [0.3, 0.4) is 0 Å². The van der Waals surface area contributed by atoms with Crippen LogP contribution in [0.25, 0.3) is 0 Å². The minimum absolute atomic E-state index is 0.422. The Labute approximate surface area is 112 Å². The minimum Gasteiger partial charge on any atom is -0.361 e. The first-order valence-corrected chi connectivity index (χ1v) is 9.09. The van der Waals surface area contributed by atoms with Gasteiger partial charge in [0.15, 0.2) is 0 Å². The second kappa shape index (κ2) is 8.48. The molecule has 104 valence electrons. The lowest BCUT2D eigenvalue weighted by Crippen LogP contribution is -2.43. The number of hydrogen-bond acceptors (Lipinski definition) is 3. The zero-order chi connectivity index (χ0) is 13.5. The van der Waals surface area contributed by atoms with Gasteiger partial charge in [-0.15, -0.1) is 0 Å². The minimum atomic E-state index is -2.97. The Balaban J connectivity index is 4.23. The van der Waals surface area contributed by atoms with Crippen molar-refractivity contribution in [2.75, 3.05) is 19.8 Å². The molecule has 0 saturated carbocycles. The summed E-state index contributed by atoms with van der Waals surface area (Å²) in [6, 6.07) is 0. The van der Waals surface area contributed by atoms with E-state index in [0.717, 1.165) is 0 Å². The van der Waals surface area contributed by atoms with E-state index in [2.05, 4.69) is 41.5 Å². The molecular weight excluding hydrogens is 256 g/mol. The Morgan fingerprint density at radius 2 is 0.941 bits per heavy atom. The summed E-state index contributed by atoms with van der Waals surface area (Å²) >= 11 is 6.34. The molecule has 0 aliphatic heterocycles. The van der Waals surface area contributed by atoms with Crippen molar-refractivity contribution in [3.05, 3.63) is 0 Å². The lowest BCUT2D eigenvalue weighted by atomic mass is 10.2. The van der Waals surface area contributed by atoms with Crippen LogP contribution < -0.4 is 0 Å². The van der Waals surface area contributed by atoms with Crippen LogP contribution in [0.15, 0.2) is 0 Å². The third-order valence-electron chi connectivity index (χ3n) is 1.77. The van der Waals surface area contributed by atoms with Crippen molar-refractivity contribution < 1.29 is 13.3 Å². The average molecular weight is 283 g/mol. The van der Waals surface area contributed by atoms with Crippen molar-refractivity contribution >= 4 is 19.2 Å². The van der Waals surface area contributed by atoms with Gasteiger partial charge in [-0.2, -0.15) is 0 Å². The standard InChI is InChI=1S/C12H27ClO3Si/c1-10(2)7-14-17(13,15-8-11(3)4)16-9-12(5)6/h10-12H,7-9H2,1-6H3. The summed E-state index contributed by atoms with van der Waals surface area (Å²) in [5.74, 6) is 1.27. The van der Waals surface area contributed by atoms with Crippen LogP contribution in [0.1, 0.15) is 41.5 Å². The van der Waals surface area contributed by atoms with E-state index >= 15 is 0 Å². The van der Waals surface area contributed by atoms with Crippen LogP contribution in [-0.4, -0.2) is 27.9 Å². The molecule has 0 saturated heterocycles. The number of rotatable bonds is 9. The van der Waals surface area contributed by atoms with Crippen molar-refractivity contribution in [1.82, 2.24) is 0 Å². The van der Waals surface area contributed by atoms with Crippen LogP contribution in [0, 0.1) is 17.8 Å². The highest BCUT2D eigenvalue weighted by Gasteiger charge is 2.40. The maximum atomic E-state index is 6.34. The molecule has 0 aromatic heterocycles. The van der Waals surface area contributed by atoms with Gasteiger partial charge in [-0.25, -0.2) is 0 Å². The molecule has 0 atom stereocenters. The topological polar surface area (TPSA) is 27.7 Å². The first-order chi connectivity index (χ1) is 7.75. The molecule has 0 N–H and O–H groups in total. The monoisotopic (exact) mass is 282 g/mol. The Bertz CT molecular complexity index is 167. The lowest BCUT2D eigenvalue weighted by molar-refractivity contribution is 0.0569. The molecule has 0 aliphatic carbocycles. The van der Waals surface area contributed by atoms with Crippen LogP contribution >= 0.6 is 11.1 Å². The molecule has 3 nitrogen and oxygen atoms in total.